The van der Waals surface area contributed by atoms with Crippen molar-refractivity contribution in [2.45, 2.75) is 52.5 Å². The fraction of sp³-hybridized carbons (Fsp3) is 0.227. The molecule has 8 rings (SSSR count). The van der Waals surface area contributed by atoms with E-state index in [9.17, 15) is 0 Å². The van der Waals surface area contributed by atoms with Crippen molar-refractivity contribution in [2.75, 3.05) is 13.7 Å². The number of hydrogen-bond donors (Lipinski definition) is 3. The van der Waals surface area contributed by atoms with Gasteiger partial charge in [-0.2, -0.15) is 0 Å². The summed E-state index contributed by atoms with van der Waals surface area (Å²) in [5.41, 5.74) is 23.5. The third kappa shape index (κ3) is 6.04. The Bertz CT molecular complexity index is 1910. The first kappa shape index (κ1) is 34.6. The van der Waals surface area contributed by atoms with Crippen molar-refractivity contribution in [2.24, 2.45) is 11.5 Å². The number of nitrogens with one attached hydrogen (secondary N) is 1. The second-order valence-electron chi connectivity index (χ2n) is 11.5. The van der Waals surface area contributed by atoms with Gasteiger partial charge in [-0.15, -0.1) is 0 Å². The summed E-state index contributed by atoms with van der Waals surface area (Å²) in [4.78, 5) is 0. The Labute approximate surface area is 287 Å². The van der Waals surface area contributed by atoms with Crippen LogP contribution in [0.3, 0.4) is 0 Å². The second-order valence-corrected chi connectivity index (χ2v) is 11.5. The molecule has 48 heavy (non-hydrogen) atoms. The van der Waals surface area contributed by atoms with Gasteiger partial charge in [0.25, 0.3) is 0 Å². The molecule has 0 saturated carbocycles. The third-order valence-corrected chi connectivity index (χ3v) is 9.24. The van der Waals surface area contributed by atoms with Crippen LogP contribution in [0.5, 0.6) is 0 Å². The number of allylic oxidation sites excluding steroid dienone is 1. The van der Waals surface area contributed by atoms with Crippen molar-refractivity contribution in [3.63, 3.8) is 0 Å². The minimum Gasteiger partial charge on any atom is -0.319 e. The zero-order chi connectivity index (χ0) is 34.1. The lowest BCUT2D eigenvalue weighted by molar-refractivity contribution is 0.525. The van der Waals surface area contributed by atoms with E-state index in [2.05, 4.69) is 162 Å². The monoisotopic (exact) mass is 634 g/mol. The van der Waals surface area contributed by atoms with Crippen molar-refractivity contribution in [3.8, 4) is 16.8 Å². The van der Waals surface area contributed by atoms with Crippen LogP contribution in [0.25, 0.3) is 33.8 Å². The number of benzene rings is 5. The smallest absolute Gasteiger partial charge is 0.0945 e. The van der Waals surface area contributed by atoms with Crippen LogP contribution in [0.15, 0.2) is 127 Å². The lowest BCUT2D eigenvalue weighted by atomic mass is 9.77. The Balaban J connectivity index is 0.000000602. The van der Waals surface area contributed by atoms with Gasteiger partial charge in [0.05, 0.1) is 11.1 Å². The minimum absolute atomic E-state index is 0.250. The first-order chi connectivity index (χ1) is 23.7. The molecule has 6 aromatic rings. The maximum atomic E-state index is 4.62. The molecule has 0 radical (unpaired) electrons. The van der Waals surface area contributed by atoms with Gasteiger partial charge in [0.2, 0.25) is 0 Å². The van der Waals surface area contributed by atoms with Crippen molar-refractivity contribution < 1.29 is 0 Å². The van der Waals surface area contributed by atoms with Crippen LogP contribution < -0.4 is 16.8 Å². The molecule has 1 aromatic heterocycles. The molecule has 0 saturated heterocycles. The minimum atomic E-state index is -0.453. The number of nitrogens with two attached hydrogens (primary N) is 2. The molecule has 5 aromatic carbocycles. The Morgan fingerprint density at radius 3 is 1.81 bits per heavy atom. The Morgan fingerprint density at radius 2 is 1.21 bits per heavy atom. The van der Waals surface area contributed by atoms with Gasteiger partial charge >= 0.3 is 0 Å². The van der Waals surface area contributed by atoms with E-state index in [0.717, 1.165) is 19.3 Å². The molecule has 0 unspecified atom stereocenters. The van der Waals surface area contributed by atoms with E-state index in [0.29, 0.717) is 0 Å². The van der Waals surface area contributed by atoms with E-state index in [1.807, 2.05) is 27.7 Å². The van der Waals surface area contributed by atoms with E-state index in [4.69, 9.17) is 0 Å². The third-order valence-electron chi connectivity index (χ3n) is 9.24. The highest BCUT2D eigenvalue weighted by Crippen LogP contribution is 2.45. The molecular formula is C44H50N4. The molecule has 1 heterocycles. The Kier molecular flexibility index (Phi) is 11.5. The standard InChI is InChI=1S/C39H32N2.2C2H6.CH6N2/c1-40-39(28-13-4-2-5-14-28,29-15-6-3-7-16-29)30-20-22-31(23-21-30)41-36-19-11-10-18-34(36)38-35-26-27-12-8-9-17-32(27)33(35)24-25-37(38)41;2*1-2;2-1-3/h2-9,11-17,19-25,40H,10,18,26H2,1H3;2*1-2H3;1-3H2. The van der Waals surface area contributed by atoms with Crippen LogP contribution in [0, 0.1) is 0 Å². The predicted octanol–water partition coefficient (Wildman–Crippen LogP) is 9.59. The average Bonchev–Trinajstić information content (AvgIpc) is 3.71. The number of nitrogens with zero attached hydrogens (tertiary/aromatic N) is 1. The molecular weight excluding hydrogens is 585 g/mol. The SMILES string of the molecule is CC.CC.CNC(c1ccccc1)(c1ccccc1)c1ccc(-n2c3c(c4c5c(ccc42)-c2ccccc2C5)CCC=C3)cc1.NCN. The van der Waals surface area contributed by atoms with E-state index in [-0.39, 0.29) is 6.67 Å². The normalized spacial score (nSPS) is 12.3. The van der Waals surface area contributed by atoms with E-state index in [1.54, 1.807) is 0 Å². The first-order valence-electron chi connectivity index (χ1n) is 17.5. The van der Waals surface area contributed by atoms with Gasteiger partial charge in [-0.1, -0.05) is 137 Å². The number of hydrogen-bond acceptors (Lipinski definition) is 3. The lowest BCUT2D eigenvalue weighted by Crippen LogP contribution is -2.42. The van der Waals surface area contributed by atoms with Crippen molar-refractivity contribution in [1.82, 2.24) is 9.88 Å². The first-order valence-corrected chi connectivity index (χ1v) is 17.5. The van der Waals surface area contributed by atoms with Crippen molar-refractivity contribution >= 4 is 17.0 Å². The molecule has 0 bridgehead atoms. The summed E-state index contributed by atoms with van der Waals surface area (Å²) < 4.78 is 2.49. The van der Waals surface area contributed by atoms with Crippen LogP contribution in [-0.4, -0.2) is 18.3 Å². The maximum absolute atomic E-state index is 4.62. The highest BCUT2D eigenvalue weighted by molar-refractivity contribution is 5.99. The van der Waals surface area contributed by atoms with Crippen LogP contribution >= 0.6 is 0 Å². The molecule has 4 nitrogen and oxygen atoms in total. The number of rotatable bonds is 5. The van der Waals surface area contributed by atoms with Gasteiger partial charge in [-0.25, -0.2) is 0 Å². The van der Waals surface area contributed by atoms with Gasteiger partial charge in [-0.05, 0) is 95.1 Å². The van der Waals surface area contributed by atoms with Crippen LogP contribution in [0.2, 0.25) is 0 Å². The fourth-order valence-corrected chi connectivity index (χ4v) is 7.41. The van der Waals surface area contributed by atoms with E-state index < -0.39 is 5.54 Å². The number of aryl methyl sites for hydroxylation is 1. The summed E-state index contributed by atoms with van der Waals surface area (Å²) in [6.45, 7) is 8.25. The molecule has 5 N–H and O–H groups in total. The van der Waals surface area contributed by atoms with E-state index >= 15 is 0 Å². The zero-order valence-corrected chi connectivity index (χ0v) is 29.1. The van der Waals surface area contributed by atoms with Gasteiger partial charge < -0.3 is 21.4 Å². The molecule has 0 atom stereocenters. The van der Waals surface area contributed by atoms with Crippen molar-refractivity contribution in [1.29, 1.82) is 0 Å². The average molecular weight is 635 g/mol. The van der Waals surface area contributed by atoms with E-state index in [1.165, 1.54) is 66.8 Å². The predicted molar refractivity (Wildman–Crippen MR) is 207 cm³/mol. The lowest BCUT2D eigenvalue weighted by Gasteiger charge is -2.36. The Hall–Kier alpha value is -4.74. The summed E-state index contributed by atoms with van der Waals surface area (Å²) in [6.07, 6.45) is 7.87. The fourth-order valence-electron chi connectivity index (χ4n) is 7.41. The van der Waals surface area contributed by atoms with Gasteiger partial charge in [0.1, 0.15) is 0 Å². The maximum Gasteiger partial charge on any atom is 0.0945 e. The summed E-state index contributed by atoms with van der Waals surface area (Å²) in [7, 11) is 2.06. The summed E-state index contributed by atoms with van der Waals surface area (Å²) in [5.74, 6) is 0. The zero-order valence-electron chi connectivity index (χ0n) is 29.1. The molecule has 2 aliphatic rings. The van der Waals surface area contributed by atoms with Crippen molar-refractivity contribution in [3.05, 3.63) is 166 Å². The number of fused-ring (bicyclic) bond motifs is 7. The highest BCUT2D eigenvalue weighted by atomic mass is 15.0. The second kappa shape index (κ2) is 15.9. The largest absolute Gasteiger partial charge is 0.319 e. The highest BCUT2D eigenvalue weighted by Gasteiger charge is 2.35. The summed E-state index contributed by atoms with van der Waals surface area (Å²) >= 11 is 0. The molecule has 0 amide bonds. The quantitative estimate of drug-likeness (QED) is 0.130. The Morgan fingerprint density at radius 1 is 0.646 bits per heavy atom. The topological polar surface area (TPSA) is 69.0 Å². The van der Waals surface area contributed by atoms with Crippen LogP contribution in [0.1, 0.15) is 73.2 Å². The van der Waals surface area contributed by atoms with Crippen LogP contribution in [-0.2, 0) is 18.4 Å². The molecule has 246 valence electrons. The molecule has 4 heteroatoms. The number of aromatic nitrogens is 1. The molecule has 2 aliphatic carbocycles. The molecule has 0 aliphatic heterocycles. The van der Waals surface area contributed by atoms with Gasteiger partial charge in [-0.3, -0.25) is 0 Å². The summed E-state index contributed by atoms with van der Waals surface area (Å²) in [6, 6.07) is 44.4. The van der Waals surface area contributed by atoms with Gasteiger partial charge in [0.15, 0.2) is 0 Å². The van der Waals surface area contributed by atoms with Gasteiger partial charge in [0, 0.05) is 23.4 Å². The summed E-state index contributed by atoms with van der Waals surface area (Å²) in [5, 5.41) is 5.18. The van der Waals surface area contributed by atoms with Crippen LogP contribution in [0.4, 0.5) is 0 Å². The molecule has 0 fully saturated rings. The molecule has 0 spiro atoms.